The SMILES string of the molecule is O=C1CC(S(=O)(=O)F)CN1Cc1ccccc1Oc1ccccc1. The molecule has 1 unspecified atom stereocenters. The van der Waals surface area contributed by atoms with Crippen molar-refractivity contribution in [2.24, 2.45) is 0 Å². The van der Waals surface area contributed by atoms with Gasteiger partial charge in [0.15, 0.2) is 0 Å². The van der Waals surface area contributed by atoms with Gasteiger partial charge in [-0.3, -0.25) is 4.79 Å². The monoisotopic (exact) mass is 349 g/mol. The summed E-state index contributed by atoms with van der Waals surface area (Å²) in [6.45, 7) is 0.0329. The van der Waals surface area contributed by atoms with Crippen LogP contribution in [0.25, 0.3) is 0 Å². The van der Waals surface area contributed by atoms with Crippen molar-refractivity contribution in [3.63, 3.8) is 0 Å². The van der Waals surface area contributed by atoms with E-state index in [1.807, 2.05) is 36.4 Å². The molecule has 5 nitrogen and oxygen atoms in total. The molecule has 2 aromatic carbocycles. The molecule has 0 spiro atoms. The fraction of sp³-hybridized carbons (Fsp3) is 0.235. The van der Waals surface area contributed by atoms with Gasteiger partial charge in [0.05, 0.1) is 0 Å². The molecule has 0 aromatic heterocycles. The van der Waals surface area contributed by atoms with E-state index in [2.05, 4.69) is 0 Å². The van der Waals surface area contributed by atoms with E-state index in [1.54, 1.807) is 18.2 Å². The number of hydrogen-bond acceptors (Lipinski definition) is 4. The second-order valence-electron chi connectivity index (χ2n) is 5.60. The summed E-state index contributed by atoms with van der Waals surface area (Å²) in [5, 5.41) is -1.28. The lowest BCUT2D eigenvalue weighted by molar-refractivity contribution is -0.128. The van der Waals surface area contributed by atoms with Crippen molar-refractivity contribution in [1.29, 1.82) is 0 Å². The second-order valence-corrected chi connectivity index (χ2v) is 7.22. The minimum atomic E-state index is -4.71. The standard InChI is InChI=1S/C17H16FNO4S/c18-24(21,22)15-10-17(20)19(12-15)11-13-6-4-5-9-16(13)23-14-7-2-1-3-8-14/h1-9,15H,10-12H2. The van der Waals surface area contributed by atoms with E-state index in [-0.39, 0.29) is 25.4 Å². The first kappa shape index (κ1) is 16.4. The van der Waals surface area contributed by atoms with Crippen molar-refractivity contribution in [3.05, 3.63) is 60.2 Å². The normalized spacial score (nSPS) is 18.0. The minimum absolute atomic E-state index is 0.142. The van der Waals surface area contributed by atoms with E-state index in [4.69, 9.17) is 4.74 Å². The number of likely N-dealkylation sites (tertiary alicyclic amines) is 1. The van der Waals surface area contributed by atoms with Crippen LogP contribution in [-0.4, -0.2) is 31.0 Å². The summed E-state index contributed by atoms with van der Waals surface area (Å²) in [5.41, 5.74) is 0.728. The number of halogens is 1. The van der Waals surface area contributed by atoms with Gasteiger partial charge >= 0.3 is 10.2 Å². The average Bonchev–Trinajstić information content (AvgIpc) is 2.92. The average molecular weight is 349 g/mol. The highest BCUT2D eigenvalue weighted by Gasteiger charge is 2.38. The molecule has 0 aliphatic carbocycles. The number of nitrogens with zero attached hydrogens (tertiary/aromatic N) is 1. The Morgan fingerprint density at radius 3 is 2.42 bits per heavy atom. The first-order valence-corrected chi connectivity index (χ1v) is 8.90. The van der Waals surface area contributed by atoms with E-state index in [1.165, 1.54) is 4.90 Å². The summed E-state index contributed by atoms with van der Waals surface area (Å²) in [5.74, 6) is 0.848. The van der Waals surface area contributed by atoms with Crippen molar-refractivity contribution in [2.45, 2.75) is 18.2 Å². The number of amides is 1. The van der Waals surface area contributed by atoms with Crippen molar-refractivity contribution in [3.8, 4) is 11.5 Å². The fourth-order valence-electron chi connectivity index (χ4n) is 2.63. The van der Waals surface area contributed by atoms with Gasteiger partial charge in [-0.25, -0.2) is 0 Å². The van der Waals surface area contributed by atoms with Crippen LogP contribution in [0.2, 0.25) is 0 Å². The van der Waals surface area contributed by atoms with Gasteiger partial charge < -0.3 is 9.64 Å². The van der Waals surface area contributed by atoms with Crippen LogP contribution in [0.4, 0.5) is 3.89 Å². The van der Waals surface area contributed by atoms with Gasteiger partial charge in [-0.1, -0.05) is 36.4 Å². The zero-order valence-corrected chi connectivity index (χ0v) is 13.6. The quantitative estimate of drug-likeness (QED) is 0.779. The summed E-state index contributed by atoms with van der Waals surface area (Å²) >= 11 is 0. The van der Waals surface area contributed by atoms with Gasteiger partial charge in [-0.05, 0) is 18.2 Å². The summed E-state index contributed by atoms with van der Waals surface area (Å²) in [4.78, 5) is 13.3. The first-order valence-electron chi connectivity index (χ1n) is 7.45. The highest BCUT2D eigenvalue weighted by Crippen LogP contribution is 2.28. The molecule has 3 rings (SSSR count). The molecule has 7 heteroatoms. The summed E-state index contributed by atoms with van der Waals surface area (Å²) in [6.07, 6.45) is -0.319. The molecule has 1 heterocycles. The Kier molecular flexibility index (Phi) is 4.53. The molecule has 1 fully saturated rings. The maximum atomic E-state index is 13.1. The smallest absolute Gasteiger partial charge is 0.307 e. The van der Waals surface area contributed by atoms with Crippen molar-refractivity contribution >= 4 is 16.1 Å². The van der Waals surface area contributed by atoms with Crippen LogP contribution < -0.4 is 4.74 Å². The number of para-hydroxylation sites is 2. The molecule has 1 aliphatic rings. The number of rotatable bonds is 5. The Morgan fingerprint density at radius 1 is 1.08 bits per heavy atom. The third-order valence-corrected chi connectivity index (χ3v) is 4.99. The molecule has 0 radical (unpaired) electrons. The zero-order chi connectivity index (χ0) is 17.2. The van der Waals surface area contributed by atoms with Gasteiger partial charge in [0, 0.05) is 25.1 Å². The van der Waals surface area contributed by atoms with Gasteiger partial charge in [0.1, 0.15) is 16.7 Å². The van der Waals surface area contributed by atoms with E-state index >= 15 is 0 Å². The minimum Gasteiger partial charge on any atom is -0.457 e. The summed E-state index contributed by atoms with van der Waals surface area (Å²) in [7, 11) is -4.71. The molecule has 0 bridgehead atoms. The molecule has 0 N–H and O–H groups in total. The van der Waals surface area contributed by atoms with Crippen LogP contribution in [0.3, 0.4) is 0 Å². The molecule has 1 saturated heterocycles. The van der Waals surface area contributed by atoms with Gasteiger partial charge in [0.2, 0.25) is 5.91 Å². The van der Waals surface area contributed by atoms with Gasteiger partial charge in [-0.15, -0.1) is 3.89 Å². The highest BCUT2D eigenvalue weighted by atomic mass is 32.3. The van der Waals surface area contributed by atoms with E-state index in [0.717, 1.165) is 5.56 Å². The molecule has 1 atom stereocenters. The van der Waals surface area contributed by atoms with Gasteiger partial charge in [0.25, 0.3) is 0 Å². The fourth-order valence-corrected chi connectivity index (χ4v) is 3.33. The molecular weight excluding hydrogens is 333 g/mol. The van der Waals surface area contributed by atoms with Crippen molar-refractivity contribution < 1.29 is 21.8 Å². The predicted octanol–water partition coefficient (Wildman–Crippen LogP) is 2.88. The molecule has 0 saturated carbocycles. The maximum Gasteiger partial charge on any atom is 0.307 e. The largest absolute Gasteiger partial charge is 0.457 e. The number of ether oxygens (including phenoxy) is 1. The van der Waals surface area contributed by atoms with E-state index in [9.17, 15) is 17.1 Å². The predicted molar refractivity (Wildman–Crippen MR) is 86.8 cm³/mol. The van der Waals surface area contributed by atoms with Crippen LogP contribution in [0, 0.1) is 0 Å². The topological polar surface area (TPSA) is 63.7 Å². The number of carbonyl (C=O) groups excluding carboxylic acids is 1. The first-order chi connectivity index (χ1) is 11.4. The number of benzene rings is 2. The Labute approximate surface area is 139 Å². The Morgan fingerprint density at radius 2 is 1.75 bits per heavy atom. The highest BCUT2D eigenvalue weighted by molar-refractivity contribution is 7.87. The van der Waals surface area contributed by atoms with Crippen LogP contribution in [0.1, 0.15) is 12.0 Å². The Balaban J connectivity index is 1.78. The Bertz CT molecular complexity index is 839. The second kappa shape index (κ2) is 6.60. The molecule has 1 amide bonds. The van der Waals surface area contributed by atoms with E-state index < -0.39 is 15.5 Å². The lowest BCUT2D eigenvalue weighted by Gasteiger charge is -2.18. The molecule has 1 aliphatic heterocycles. The third-order valence-electron chi connectivity index (χ3n) is 3.88. The van der Waals surface area contributed by atoms with Crippen LogP contribution in [0.15, 0.2) is 54.6 Å². The summed E-state index contributed by atoms with van der Waals surface area (Å²) in [6, 6.07) is 16.4. The third kappa shape index (κ3) is 3.73. The lowest BCUT2D eigenvalue weighted by atomic mass is 10.2. The zero-order valence-electron chi connectivity index (χ0n) is 12.8. The van der Waals surface area contributed by atoms with E-state index in [0.29, 0.717) is 11.5 Å². The molecule has 126 valence electrons. The Hall–Kier alpha value is -2.41. The maximum absolute atomic E-state index is 13.1. The van der Waals surface area contributed by atoms with Crippen molar-refractivity contribution in [1.82, 2.24) is 4.90 Å². The van der Waals surface area contributed by atoms with Crippen LogP contribution in [0.5, 0.6) is 11.5 Å². The van der Waals surface area contributed by atoms with Crippen LogP contribution in [-0.2, 0) is 21.6 Å². The molecule has 2 aromatic rings. The van der Waals surface area contributed by atoms with Crippen LogP contribution >= 0.6 is 0 Å². The number of hydrogen-bond donors (Lipinski definition) is 0. The molecular formula is C17H16FNO4S. The summed E-state index contributed by atoms with van der Waals surface area (Å²) < 4.78 is 41.0. The van der Waals surface area contributed by atoms with Gasteiger partial charge in [-0.2, -0.15) is 8.42 Å². The van der Waals surface area contributed by atoms with Crippen molar-refractivity contribution in [2.75, 3.05) is 6.54 Å². The number of carbonyl (C=O) groups is 1. The molecule has 24 heavy (non-hydrogen) atoms. The lowest BCUT2D eigenvalue weighted by Crippen LogP contribution is -2.27.